The van der Waals surface area contributed by atoms with Crippen LogP contribution in [-0.2, 0) is 22.4 Å². The van der Waals surface area contributed by atoms with Crippen molar-refractivity contribution >= 4 is 11.9 Å². The number of carbonyl (C=O) groups excluding carboxylic acids is 2. The Bertz CT molecular complexity index is 981. The Balaban J connectivity index is 1.87. The molecule has 0 aromatic heterocycles. The van der Waals surface area contributed by atoms with E-state index in [0.29, 0.717) is 43.2 Å². The number of benzene rings is 2. The molecule has 0 radical (unpaired) electrons. The molecular weight excluding hydrogens is 378 g/mol. The first-order chi connectivity index (χ1) is 14.5. The zero-order chi connectivity index (χ0) is 21.3. The molecule has 5 heteroatoms. The molecule has 30 heavy (non-hydrogen) atoms. The first kappa shape index (κ1) is 20.6. The minimum absolute atomic E-state index is 0.303. The Morgan fingerprint density at radius 3 is 2.47 bits per heavy atom. The molecular formula is C25H29NO4. The van der Waals surface area contributed by atoms with Gasteiger partial charge in [-0.15, -0.1) is 0 Å². The summed E-state index contributed by atoms with van der Waals surface area (Å²) in [6, 6.07) is 10.5. The second-order valence-electron chi connectivity index (χ2n) is 8.20. The number of likely N-dealkylation sites (N-methyl/N-ethyl adjacent to an activating group) is 1. The lowest BCUT2D eigenvalue weighted by Gasteiger charge is -2.40. The highest BCUT2D eigenvalue weighted by atomic mass is 16.6. The molecule has 1 heterocycles. The molecule has 0 unspecified atom stereocenters. The van der Waals surface area contributed by atoms with Crippen molar-refractivity contribution in [2.45, 2.75) is 58.4 Å². The molecule has 0 N–H and O–H groups in total. The summed E-state index contributed by atoms with van der Waals surface area (Å²) in [5, 5.41) is 0. The van der Waals surface area contributed by atoms with Gasteiger partial charge in [0.05, 0.1) is 0 Å². The molecule has 0 bridgehead atoms. The van der Waals surface area contributed by atoms with E-state index in [4.69, 9.17) is 9.47 Å². The number of rotatable bonds is 6. The van der Waals surface area contributed by atoms with Crippen LogP contribution in [0.15, 0.2) is 30.3 Å². The minimum Gasteiger partial charge on any atom is -0.422 e. The van der Waals surface area contributed by atoms with Crippen LogP contribution >= 0.6 is 0 Å². The molecule has 2 aromatic carbocycles. The Hall–Kier alpha value is -2.66. The molecule has 158 valence electrons. The summed E-state index contributed by atoms with van der Waals surface area (Å²) in [6.07, 6.45) is 3.90. The first-order valence-corrected chi connectivity index (χ1v) is 10.9. The normalized spacial score (nSPS) is 17.1. The minimum atomic E-state index is -0.311. The zero-order valence-corrected chi connectivity index (χ0v) is 18.0. The van der Waals surface area contributed by atoms with E-state index in [1.54, 1.807) is 6.07 Å². The molecule has 4 rings (SSSR count). The van der Waals surface area contributed by atoms with Crippen LogP contribution in [0, 0.1) is 0 Å². The van der Waals surface area contributed by atoms with E-state index in [1.165, 1.54) is 11.1 Å². The molecule has 0 saturated carbocycles. The maximum absolute atomic E-state index is 12.5. The summed E-state index contributed by atoms with van der Waals surface area (Å²) in [5.74, 6) is 0.101. The Morgan fingerprint density at radius 1 is 1.00 bits per heavy atom. The largest absolute Gasteiger partial charge is 0.422 e. The van der Waals surface area contributed by atoms with Crippen LogP contribution in [0.5, 0.6) is 11.5 Å². The zero-order valence-electron chi connectivity index (χ0n) is 18.0. The van der Waals surface area contributed by atoms with E-state index in [1.807, 2.05) is 19.9 Å². The van der Waals surface area contributed by atoms with Gasteiger partial charge in [-0.05, 0) is 61.1 Å². The summed E-state index contributed by atoms with van der Waals surface area (Å²) in [7, 11) is 2.17. The van der Waals surface area contributed by atoms with Crippen molar-refractivity contribution in [2.75, 3.05) is 13.6 Å². The van der Waals surface area contributed by atoms with Gasteiger partial charge in [-0.1, -0.05) is 38.1 Å². The lowest BCUT2D eigenvalue weighted by atomic mass is 9.77. The molecule has 1 aliphatic heterocycles. The van der Waals surface area contributed by atoms with Crippen LogP contribution in [0.4, 0.5) is 0 Å². The first-order valence-electron chi connectivity index (χ1n) is 10.9. The standard InChI is InChI=1S/C25H29NO4/c1-4-7-21(27)29-20-12-11-17-15-19-23-16(13-14-26(19)3)9-6-10-18(23)24(17)25(20)30-22(28)8-5-2/h6,9-12,19H,4-5,7-8,13-15H2,1-3H3/t19-/m1/s1. The predicted molar refractivity (Wildman–Crippen MR) is 116 cm³/mol. The van der Waals surface area contributed by atoms with Crippen LogP contribution in [0.25, 0.3) is 11.1 Å². The fourth-order valence-corrected chi connectivity index (χ4v) is 4.58. The van der Waals surface area contributed by atoms with Crippen molar-refractivity contribution in [3.8, 4) is 22.6 Å². The average Bonchev–Trinajstić information content (AvgIpc) is 2.72. The van der Waals surface area contributed by atoms with E-state index in [0.717, 1.165) is 36.1 Å². The van der Waals surface area contributed by atoms with Crippen molar-refractivity contribution in [3.63, 3.8) is 0 Å². The van der Waals surface area contributed by atoms with Crippen LogP contribution in [-0.4, -0.2) is 30.4 Å². The van der Waals surface area contributed by atoms with Crippen LogP contribution in [0.2, 0.25) is 0 Å². The van der Waals surface area contributed by atoms with E-state index < -0.39 is 0 Å². The molecule has 0 spiro atoms. The van der Waals surface area contributed by atoms with Gasteiger partial charge in [0.25, 0.3) is 0 Å². The maximum atomic E-state index is 12.5. The van der Waals surface area contributed by atoms with Gasteiger partial charge in [0.2, 0.25) is 0 Å². The number of hydrogen-bond donors (Lipinski definition) is 0. The molecule has 0 fully saturated rings. The highest BCUT2D eigenvalue weighted by Gasteiger charge is 2.35. The fraction of sp³-hybridized carbons (Fsp3) is 0.440. The molecule has 1 aliphatic carbocycles. The third-order valence-corrected chi connectivity index (χ3v) is 6.03. The Labute approximate surface area is 178 Å². The Kier molecular flexibility index (Phi) is 5.91. The number of carbonyl (C=O) groups is 2. The molecule has 2 aromatic rings. The molecule has 1 atom stereocenters. The van der Waals surface area contributed by atoms with Crippen LogP contribution in [0.1, 0.15) is 62.3 Å². The quantitative estimate of drug-likeness (QED) is 0.506. The third-order valence-electron chi connectivity index (χ3n) is 6.03. The molecule has 2 aliphatic rings. The Morgan fingerprint density at radius 2 is 1.73 bits per heavy atom. The highest BCUT2D eigenvalue weighted by Crippen LogP contribution is 2.50. The van der Waals surface area contributed by atoms with Crippen LogP contribution < -0.4 is 9.47 Å². The summed E-state index contributed by atoms with van der Waals surface area (Å²) in [5.41, 5.74) is 5.75. The second-order valence-corrected chi connectivity index (χ2v) is 8.20. The fourth-order valence-electron chi connectivity index (χ4n) is 4.58. The third kappa shape index (κ3) is 3.74. The summed E-state index contributed by atoms with van der Waals surface area (Å²) in [6.45, 7) is 4.91. The topological polar surface area (TPSA) is 55.8 Å². The van der Waals surface area contributed by atoms with Gasteiger partial charge >= 0.3 is 11.9 Å². The summed E-state index contributed by atoms with van der Waals surface area (Å²) >= 11 is 0. The molecule has 0 amide bonds. The lowest BCUT2D eigenvalue weighted by molar-refractivity contribution is -0.137. The smallest absolute Gasteiger partial charge is 0.311 e. The van der Waals surface area contributed by atoms with Crippen molar-refractivity contribution in [3.05, 3.63) is 47.0 Å². The maximum Gasteiger partial charge on any atom is 0.311 e. The van der Waals surface area contributed by atoms with Gasteiger partial charge in [-0.25, -0.2) is 0 Å². The summed E-state index contributed by atoms with van der Waals surface area (Å²) in [4.78, 5) is 27.1. The van der Waals surface area contributed by atoms with E-state index in [2.05, 4.69) is 30.1 Å². The highest BCUT2D eigenvalue weighted by molar-refractivity contribution is 5.87. The second kappa shape index (κ2) is 8.60. The van der Waals surface area contributed by atoms with Gasteiger partial charge in [-0.2, -0.15) is 0 Å². The predicted octanol–water partition coefficient (Wildman–Crippen LogP) is 4.85. The summed E-state index contributed by atoms with van der Waals surface area (Å²) < 4.78 is 11.5. The van der Waals surface area contributed by atoms with Crippen molar-refractivity contribution in [2.24, 2.45) is 0 Å². The van der Waals surface area contributed by atoms with Gasteiger partial charge in [0.15, 0.2) is 11.5 Å². The van der Waals surface area contributed by atoms with Gasteiger partial charge < -0.3 is 9.47 Å². The average molecular weight is 408 g/mol. The monoisotopic (exact) mass is 407 g/mol. The van der Waals surface area contributed by atoms with E-state index in [9.17, 15) is 9.59 Å². The van der Waals surface area contributed by atoms with Gasteiger partial charge in [0.1, 0.15) is 0 Å². The SMILES string of the molecule is CCCC(=O)Oc1ccc2c(c1OC(=O)CCC)-c1cccc3c1[C@@H](C2)N(C)CC3. The van der Waals surface area contributed by atoms with Crippen molar-refractivity contribution in [1.82, 2.24) is 4.90 Å². The number of hydrogen-bond acceptors (Lipinski definition) is 5. The molecule has 0 saturated heterocycles. The number of nitrogens with zero attached hydrogens (tertiary/aromatic N) is 1. The number of fused-ring (bicyclic) bond motifs is 2. The number of esters is 2. The van der Waals surface area contributed by atoms with E-state index in [-0.39, 0.29) is 11.9 Å². The van der Waals surface area contributed by atoms with Gasteiger partial charge in [-0.3, -0.25) is 14.5 Å². The number of ether oxygens (including phenoxy) is 2. The molecule has 5 nitrogen and oxygen atoms in total. The van der Waals surface area contributed by atoms with Crippen molar-refractivity contribution in [1.29, 1.82) is 0 Å². The lowest BCUT2D eigenvalue weighted by Crippen LogP contribution is -2.35. The van der Waals surface area contributed by atoms with Crippen molar-refractivity contribution < 1.29 is 19.1 Å². The van der Waals surface area contributed by atoms with Gasteiger partial charge in [0, 0.05) is 31.0 Å². The van der Waals surface area contributed by atoms with Crippen LogP contribution in [0.3, 0.4) is 0 Å². The van der Waals surface area contributed by atoms with E-state index >= 15 is 0 Å².